The van der Waals surface area contributed by atoms with E-state index >= 15 is 0 Å². The number of hydrogen-bond donors (Lipinski definition) is 0. The van der Waals surface area contributed by atoms with Gasteiger partial charge in [0, 0.05) is 5.56 Å². The molecule has 1 rings (SSSR count). The van der Waals surface area contributed by atoms with Gasteiger partial charge in [-0.2, -0.15) is 0 Å². The molecule has 15 heavy (non-hydrogen) atoms. The summed E-state index contributed by atoms with van der Waals surface area (Å²) >= 11 is 3.30. The summed E-state index contributed by atoms with van der Waals surface area (Å²) in [5.74, 6) is 0.913. The van der Waals surface area contributed by atoms with E-state index < -0.39 is 0 Å². The van der Waals surface area contributed by atoms with Gasteiger partial charge in [0.15, 0.2) is 5.78 Å². The van der Waals surface area contributed by atoms with Crippen LogP contribution in [0, 0.1) is 13.8 Å². The number of carbonyl (C=O) groups is 1. The van der Waals surface area contributed by atoms with Crippen molar-refractivity contribution in [1.29, 1.82) is 0 Å². The average molecular weight is 271 g/mol. The maximum atomic E-state index is 11.9. The predicted octanol–water partition coefficient (Wildman–Crippen LogP) is 3.28. The van der Waals surface area contributed by atoms with Gasteiger partial charge in [-0.15, -0.1) is 0 Å². The van der Waals surface area contributed by atoms with Crippen molar-refractivity contribution < 1.29 is 9.53 Å². The molecule has 0 heterocycles. The summed E-state index contributed by atoms with van der Waals surface area (Å²) in [7, 11) is 1.63. The summed E-state index contributed by atoms with van der Waals surface area (Å²) < 4.78 is 5.15. The second-order valence-electron chi connectivity index (χ2n) is 3.62. The van der Waals surface area contributed by atoms with E-state index in [0.717, 1.165) is 22.4 Å². The van der Waals surface area contributed by atoms with Crippen LogP contribution in [0.25, 0.3) is 0 Å². The first-order valence-corrected chi connectivity index (χ1v) is 5.72. The predicted molar refractivity (Wildman–Crippen MR) is 65.2 cm³/mol. The Balaban J connectivity index is 3.25. The first-order valence-electron chi connectivity index (χ1n) is 4.81. The van der Waals surface area contributed by atoms with Crippen LogP contribution in [-0.4, -0.2) is 17.7 Å². The zero-order chi connectivity index (χ0) is 11.6. The molecule has 1 aromatic carbocycles. The lowest BCUT2D eigenvalue weighted by molar-refractivity contribution is 0.0994. The van der Waals surface area contributed by atoms with Crippen molar-refractivity contribution in [1.82, 2.24) is 0 Å². The highest BCUT2D eigenvalue weighted by Gasteiger charge is 2.17. The van der Waals surface area contributed by atoms with Crippen molar-refractivity contribution >= 4 is 21.7 Å². The van der Waals surface area contributed by atoms with E-state index in [1.54, 1.807) is 7.11 Å². The molecular weight excluding hydrogens is 256 g/mol. The SMILES string of the molecule is COc1cc(C)c(C(=O)C(C)Br)c(C)c1. The largest absolute Gasteiger partial charge is 0.497 e. The molecule has 82 valence electrons. The molecule has 0 aliphatic heterocycles. The van der Waals surface area contributed by atoms with E-state index in [9.17, 15) is 4.79 Å². The van der Waals surface area contributed by atoms with Gasteiger partial charge in [-0.25, -0.2) is 0 Å². The Bertz CT molecular complexity index is 360. The Hall–Kier alpha value is -0.830. The molecule has 1 unspecified atom stereocenters. The third-order valence-electron chi connectivity index (χ3n) is 2.35. The zero-order valence-electron chi connectivity index (χ0n) is 9.43. The highest BCUT2D eigenvalue weighted by atomic mass is 79.9. The summed E-state index contributed by atoms with van der Waals surface area (Å²) in [5, 5.41) is 0. The lowest BCUT2D eigenvalue weighted by atomic mass is 9.97. The van der Waals surface area contributed by atoms with E-state index in [2.05, 4.69) is 15.9 Å². The van der Waals surface area contributed by atoms with Crippen LogP contribution in [0.1, 0.15) is 28.4 Å². The molecule has 3 heteroatoms. The van der Waals surface area contributed by atoms with Gasteiger partial charge >= 0.3 is 0 Å². The molecular formula is C12H15BrO2. The molecule has 0 fully saturated rings. The van der Waals surface area contributed by atoms with Crippen molar-refractivity contribution in [3.05, 3.63) is 28.8 Å². The third kappa shape index (κ3) is 2.59. The summed E-state index contributed by atoms with van der Waals surface area (Å²) in [6.07, 6.45) is 0. The summed E-state index contributed by atoms with van der Waals surface area (Å²) in [6, 6.07) is 3.77. The van der Waals surface area contributed by atoms with Crippen molar-refractivity contribution in [2.24, 2.45) is 0 Å². The highest BCUT2D eigenvalue weighted by Crippen LogP contribution is 2.24. The van der Waals surface area contributed by atoms with Crippen LogP contribution < -0.4 is 4.74 Å². The van der Waals surface area contributed by atoms with Crippen LogP contribution in [0.3, 0.4) is 0 Å². The van der Waals surface area contributed by atoms with Crippen LogP contribution in [0.5, 0.6) is 5.75 Å². The molecule has 0 aliphatic rings. The van der Waals surface area contributed by atoms with Crippen molar-refractivity contribution in [2.75, 3.05) is 7.11 Å². The molecule has 0 aromatic heterocycles. The van der Waals surface area contributed by atoms with Crippen molar-refractivity contribution in [3.8, 4) is 5.75 Å². The fraction of sp³-hybridized carbons (Fsp3) is 0.417. The van der Waals surface area contributed by atoms with Crippen LogP contribution in [0.4, 0.5) is 0 Å². The molecule has 1 atom stereocenters. The topological polar surface area (TPSA) is 26.3 Å². The number of aryl methyl sites for hydroxylation is 2. The monoisotopic (exact) mass is 270 g/mol. The van der Waals surface area contributed by atoms with Gasteiger partial charge in [-0.1, -0.05) is 15.9 Å². The third-order valence-corrected chi connectivity index (χ3v) is 2.77. The quantitative estimate of drug-likeness (QED) is 0.623. The van der Waals surface area contributed by atoms with E-state index in [1.165, 1.54) is 0 Å². The number of Topliss-reactive ketones (excluding diaryl/α,β-unsaturated/α-hetero) is 1. The van der Waals surface area contributed by atoms with Crippen molar-refractivity contribution in [3.63, 3.8) is 0 Å². The minimum atomic E-state index is -0.150. The molecule has 0 spiro atoms. The van der Waals surface area contributed by atoms with Gasteiger partial charge in [0.05, 0.1) is 11.9 Å². The maximum absolute atomic E-state index is 11.9. The molecule has 0 N–H and O–H groups in total. The first-order chi connectivity index (χ1) is 6.97. The van der Waals surface area contributed by atoms with E-state index in [0.29, 0.717) is 0 Å². The summed E-state index contributed by atoms with van der Waals surface area (Å²) in [4.78, 5) is 11.7. The van der Waals surface area contributed by atoms with Crippen LogP contribution in [-0.2, 0) is 0 Å². The van der Waals surface area contributed by atoms with E-state index in [-0.39, 0.29) is 10.6 Å². The van der Waals surface area contributed by atoms with Gasteiger partial charge in [0.2, 0.25) is 0 Å². The molecule has 0 bridgehead atoms. The van der Waals surface area contributed by atoms with Gasteiger partial charge in [-0.05, 0) is 44.0 Å². The average Bonchev–Trinajstić information content (AvgIpc) is 2.16. The van der Waals surface area contributed by atoms with Crippen LogP contribution in [0.15, 0.2) is 12.1 Å². The Morgan fingerprint density at radius 1 is 1.33 bits per heavy atom. The second-order valence-corrected chi connectivity index (χ2v) is 4.99. The van der Waals surface area contributed by atoms with Gasteiger partial charge in [-0.3, -0.25) is 4.79 Å². The standard InChI is InChI=1S/C12H15BrO2/c1-7-5-10(15-4)6-8(2)11(7)12(14)9(3)13/h5-6,9H,1-4H3. The summed E-state index contributed by atoms with van der Waals surface area (Å²) in [6.45, 7) is 5.70. The Kier molecular flexibility index (Phi) is 3.91. The fourth-order valence-corrected chi connectivity index (χ4v) is 1.86. The van der Waals surface area contributed by atoms with E-state index in [1.807, 2.05) is 32.9 Å². The summed E-state index contributed by atoms with van der Waals surface area (Å²) in [5.41, 5.74) is 2.71. The van der Waals surface area contributed by atoms with Gasteiger partial charge in [0.25, 0.3) is 0 Å². The van der Waals surface area contributed by atoms with Crippen LogP contribution >= 0.6 is 15.9 Å². The molecule has 0 radical (unpaired) electrons. The number of hydrogen-bond acceptors (Lipinski definition) is 2. The normalized spacial score (nSPS) is 12.3. The number of alkyl halides is 1. The number of methoxy groups -OCH3 is 1. The fourth-order valence-electron chi connectivity index (χ4n) is 1.63. The van der Waals surface area contributed by atoms with E-state index in [4.69, 9.17) is 4.74 Å². The maximum Gasteiger partial charge on any atom is 0.176 e. The molecule has 1 aromatic rings. The minimum Gasteiger partial charge on any atom is -0.497 e. The Morgan fingerprint density at radius 3 is 2.13 bits per heavy atom. The van der Waals surface area contributed by atoms with Gasteiger partial charge in [0.1, 0.15) is 5.75 Å². The lowest BCUT2D eigenvalue weighted by Crippen LogP contribution is -2.13. The van der Waals surface area contributed by atoms with Crippen molar-refractivity contribution in [2.45, 2.75) is 25.6 Å². The number of benzene rings is 1. The highest BCUT2D eigenvalue weighted by molar-refractivity contribution is 9.10. The van der Waals surface area contributed by atoms with Gasteiger partial charge < -0.3 is 4.74 Å². The smallest absolute Gasteiger partial charge is 0.176 e. The molecule has 2 nitrogen and oxygen atoms in total. The number of halogens is 1. The Morgan fingerprint density at radius 2 is 1.80 bits per heavy atom. The number of carbonyl (C=O) groups excluding carboxylic acids is 1. The first kappa shape index (κ1) is 12.2. The molecule has 0 aliphatic carbocycles. The number of rotatable bonds is 3. The molecule has 0 saturated heterocycles. The lowest BCUT2D eigenvalue weighted by Gasteiger charge is -2.12. The van der Waals surface area contributed by atoms with Crippen LogP contribution in [0.2, 0.25) is 0 Å². The second kappa shape index (κ2) is 4.79. The number of ketones is 1. The Labute approximate surface area is 98.8 Å². The number of ether oxygens (including phenoxy) is 1. The molecule has 0 saturated carbocycles. The minimum absolute atomic E-state index is 0.118. The zero-order valence-corrected chi connectivity index (χ0v) is 11.0. The molecule has 0 amide bonds.